The number of aliphatic imine (C=N–C) groups is 2. The molecule has 5 aromatic carbocycles. The zero-order valence-corrected chi connectivity index (χ0v) is 34.8. The van der Waals surface area contributed by atoms with Gasteiger partial charge in [-0.05, 0) is 83.6 Å². The van der Waals surface area contributed by atoms with Crippen molar-refractivity contribution in [3.05, 3.63) is 130 Å². The maximum absolute atomic E-state index is 13.9. The van der Waals surface area contributed by atoms with Crippen LogP contribution in [0.2, 0.25) is 0 Å². The van der Waals surface area contributed by atoms with Crippen LogP contribution in [0.15, 0.2) is 101 Å². The van der Waals surface area contributed by atoms with E-state index in [0.29, 0.717) is 84.2 Å². The smallest absolute Gasteiger partial charge is 0.305 e. The number of esters is 1. The molecule has 0 aliphatic carbocycles. The second-order valence-corrected chi connectivity index (χ2v) is 15.6. The van der Waals surface area contributed by atoms with Crippen molar-refractivity contribution in [1.29, 1.82) is 0 Å². The molecule has 0 spiro atoms. The summed E-state index contributed by atoms with van der Waals surface area (Å²) in [6.45, 7) is 0.955. The van der Waals surface area contributed by atoms with Crippen LogP contribution in [0.4, 0.5) is 22.7 Å². The van der Waals surface area contributed by atoms with Gasteiger partial charge in [-0.2, -0.15) is 0 Å². The molecule has 0 unspecified atom stereocenters. The first kappa shape index (κ1) is 40.4. The largest absolute Gasteiger partial charge is 0.496 e. The summed E-state index contributed by atoms with van der Waals surface area (Å²) in [6.07, 6.45) is 6.68. The highest BCUT2D eigenvalue weighted by Gasteiger charge is 2.38. The molecule has 13 nitrogen and oxygen atoms in total. The summed E-state index contributed by atoms with van der Waals surface area (Å²) in [4.78, 5) is 52.6. The van der Waals surface area contributed by atoms with Gasteiger partial charge in [-0.3, -0.25) is 34.2 Å². The quantitative estimate of drug-likeness (QED) is 0.0754. The number of hydrogen-bond donors (Lipinski definition) is 0. The Morgan fingerprint density at radius 1 is 0.645 bits per heavy atom. The number of methoxy groups -OCH3 is 3. The van der Waals surface area contributed by atoms with Crippen molar-refractivity contribution in [3.8, 4) is 23.0 Å². The molecule has 9 rings (SSSR count). The number of ether oxygens (including phenoxy) is 6. The van der Waals surface area contributed by atoms with Crippen LogP contribution < -0.4 is 28.7 Å². The van der Waals surface area contributed by atoms with Crippen molar-refractivity contribution >= 4 is 53.0 Å². The molecule has 0 saturated carbocycles. The van der Waals surface area contributed by atoms with Crippen LogP contribution in [-0.4, -0.2) is 70.2 Å². The minimum absolute atomic E-state index is 0.119. The molecule has 0 radical (unpaired) electrons. The average Bonchev–Trinajstić information content (AvgIpc) is 3.79. The van der Waals surface area contributed by atoms with Crippen molar-refractivity contribution in [1.82, 2.24) is 0 Å². The molecule has 0 fully saturated rings. The standard InChI is InChI=1S/C49H46N4O9/c1-57-44-22-38-40(50-25-35-19-32-10-4-6-12-42(32)52(35)48(38)55)21-34(44)29-60-27-30-16-31(18-37(17-30)61-15-9-8-14-47(54)59-3)28-62-46-24-41-39(23-45(46)58-2)49(56)53-36(26-51-41)20-33-11-5-7-13-43(33)53/h4-7,10-13,16-18,21-26,35-36H,8-9,14-15,19-20,27-29H2,1-3H3/t35-,36-/m0/s1. The first-order valence-electron chi connectivity index (χ1n) is 20.7. The van der Waals surface area contributed by atoms with Crippen molar-refractivity contribution < 1.29 is 42.8 Å². The van der Waals surface area contributed by atoms with E-state index in [9.17, 15) is 14.4 Å². The van der Waals surface area contributed by atoms with Gasteiger partial charge in [-0.25, -0.2) is 0 Å². The van der Waals surface area contributed by atoms with Gasteiger partial charge in [0, 0.05) is 54.7 Å². The van der Waals surface area contributed by atoms with Crippen LogP contribution in [0.3, 0.4) is 0 Å². The predicted octanol–water partition coefficient (Wildman–Crippen LogP) is 8.30. The van der Waals surface area contributed by atoms with Crippen LogP contribution >= 0.6 is 0 Å². The third-order valence-corrected chi connectivity index (χ3v) is 11.6. The van der Waals surface area contributed by atoms with Gasteiger partial charge < -0.3 is 28.4 Å². The van der Waals surface area contributed by atoms with Gasteiger partial charge >= 0.3 is 5.97 Å². The van der Waals surface area contributed by atoms with Crippen LogP contribution in [0.25, 0.3) is 0 Å². The molecule has 2 atom stereocenters. The minimum Gasteiger partial charge on any atom is -0.496 e. The molecule has 4 aliphatic rings. The number of rotatable bonds is 15. The Hall–Kier alpha value is -6.99. The molecule has 0 saturated heterocycles. The monoisotopic (exact) mass is 834 g/mol. The number of amides is 2. The lowest BCUT2D eigenvalue weighted by Crippen LogP contribution is -2.37. The number of benzene rings is 5. The SMILES string of the molecule is COC(=O)CCCCOc1cc(COCc2cc3c(cc2OC)C(=O)N2c4ccccc4C[C@H]2C=N3)cc(COc2cc3c(cc2OC)C(=O)N2c4ccccc4C[C@H]2C=N3)c1. The lowest BCUT2D eigenvalue weighted by atomic mass is 10.1. The van der Waals surface area contributed by atoms with Gasteiger partial charge in [-0.15, -0.1) is 0 Å². The van der Waals surface area contributed by atoms with Gasteiger partial charge in [-0.1, -0.05) is 36.4 Å². The number of anilines is 2. The molecule has 13 heteroatoms. The Morgan fingerprint density at radius 3 is 1.87 bits per heavy atom. The zero-order valence-electron chi connectivity index (χ0n) is 34.8. The molecule has 0 N–H and O–H groups in total. The van der Waals surface area contributed by atoms with Crippen LogP contribution in [0.1, 0.15) is 67.8 Å². The van der Waals surface area contributed by atoms with Crippen LogP contribution in [0.5, 0.6) is 23.0 Å². The van der Waals surface area contributed by atoms with E-state index in [4.69, 9.17) is 38.4 Å². The van der Waals surface area contributed by atoms with Crippen molar-refractivity contribution in [2.24, 2.45) is 9.98 Å². The van der Waals surface area contributed by atoms with E-state index >= 15 is 0 Å². The Kier molecular flexibility index (Phi) is 11.4. The Balaban J connectivity index is 0.920. The van der Waals surface area contributed by atoms with Gasteiger partial charge in [0.05, 0.1) is 75.7 Å². The number of hydrogen-bond acceptors (Lipinski definition) is 11. The maximum atomic E-state index is 13.9. The average molecular weight is 835 g/mol. The molecule has 2 amide bonds. The molecular formula is C49H46N4O9. The van der Waals surface area contributed by atoms with Gasteiger partial charge in [0.25, 0.3) is 11.8 Å². The number of fused-ring (bicyclic) bond motifs is 8. The summed E-state index contributed by atoms with van der Waals surface area (Å²) in [6, 6.07) is 28.4. The number of nitrogens with zero attached hydrogens (tertiary/aromatic N) is 4. The fourth-order valence-corrected chi connectivity index (χ4v) is 8.55. The number of carbonyl (C=O) groups is 3. The van der Waals surface area contributed by atoms with Gasteiger partial charge in [0.2, 0.25) is 0 Å². The number of unbranched alkanes of at least 4 members (excludes halogenated alkanes) is 1. The first-order chi connectivity index (χ1) is 30.3. The van der Waals surface area contributed by atoms with Crippen LogP contribution in [-0.2, 0) is 46.9 Å². The van der Waals surface area contributed by atoms with Gasteiger partial charge in [0.1, 0.15) is 18.1 Å². The van der Waals surface area contributed by atoms with E-state index in [1.807, 2.05) is 90.1 Å². The number of carbonyl (C=O) groups excluding carboxylic acids is 3. The minimum atomic E-state index is -0.256. The third-order valence-electron chi connectivity index (χ3n) is 11.6. The van der Waals surface area contributed by atoms with Crippen molar-refractivity contribution in [2.45, 2.75) is 64.0 Å². The summed E-state index contributed by atoms with van der Waals surface area (Å²) in [7, 11) is 4.50. The highest BCUT2D eigenvalue weighted by molar-refractivity contribution is 6.15. The Morgan fingerprint density at radius 2 is 1.24 bits per heavy atom. The highest BCUT2D eigenvalue weighted by atomic mass is 16.5. The van der Waals surface area contributed by atoms with Crippen molar-refractivity contribution in [3.63, 3.8) is 0 Å². The topological polar surface area (TPSA) is 138 Å². The molecular weight excluding hydrogens is 789 g/mol. The first-order valence-corrected chi connectivity index (χ1v) is 20.7. The van der Waals surface area contributed by atoms with E-state index in [0.717, 1.165) is 39.2 Å². The summed E-state index contributed by atoms with van der Waals surface area (Å²) in [5, 5.41) is 0. The summed E-state index contributed by atoms with van der Waals surface area (Å²) >= 11 is 0. The molecule has 316 valence electrons. The zero-order chi connectivity index (χ0) is 42.7. The molecule has 0 bridgehead atoms. The fourth-order valence-electron chi connectivity index (χ4n) is 8.55. The second kappa shape index (κ2) is 17.5. The highest BCUT2D eigenvalue weighted by Crippen LogP contribution is 2.42. The Bertz CT molecular complexity index is 2620. The lowest BCUT2D eigenvalue weighted by Gasteiger charge is -2.22. The normalized spacial score (nSPS) is 16.6. The van der Waals surface area contributed by atoms with Gasteiger partial charge in [0.15, 0.2) is 11.5 Å². The van der Waals surface area contributed by atoms with Crippen molar-refractivity contribution in [2.75, 3.05) is 37.7 Å². The Labute approximate surface area is 359 Å². The predicted molar refractivity (Wildman–Crippen MR) is 234 cm³/mol. The third kappa shape index (κ3) is 7.98. The van der Waals surface area contributed by atoms with E-state index in [1.54, 1.807) is 37.3 Å². The van der Waals surface area contributed by atoms with Crippen LogP contribution in [0, 0.1) is 0 Å². The molecule has 4 aliphatic heterocycles. The maximum Gasteiger partial charge on any atom is 0.305 e. The lowest BCUT2D eigenvalue weighted by molar-refractivity contribution is -0.140. The molecule has 4 heterocycles. The molecule has 5 aromatic rings. The van der Waals surface area contributed by atoms with E-state index < -0.39 is 0 Å². The molecule has 0 aromatic heterocycles. The second-order valence-electron chi connectivity index (χ2n) is 15.6. The van der Waals surface area contributed by atoms with E-state index in [-0.39, 0.29) is 49.7 Å². The summed E-state index contributed by atoms with van der Waals surface area (Å²) < 4.78 is 35.2. The molecule has 62 heavy (non-hydrogen) atoms. The summed E-state index contributed by atoms with van der Waals surface area (Å²) in [5.74, 6) is 1.47. The number of para-hydroxylation sites is 2. The van der Waals surface area contributed by atoms with E-state index in [2.05, 4.69) is 0 Å². The van der Waals surface area contributed by atoms with E-state index in [1.165, 1.54) is 7.11 Å². The fraction of sp³-hybridized carbons (Fsp3) is 0.286. The summed E-state index contributed by atoms with van der Waals surface area (Å²) in [5.41, 5.74) is 8.39.